The van der Waals surface area contributed by atoms with E-state index in [1.807, 2.05) is 37.3 Å². The molecule has 3 aromatic heterocycles. The van der Waals surface area contributed by atoms with Gasteiger partial charge >= 0.3 is 0 Å². The molecule has 0 atom stereocenters. The van der Waals surface area contributed by atoms with Crippen LogP contribution in [0.1, 0.15) is 29.9 Å². The fourth-order valence-electron chi connectivity index (χ4n) is 4.70. The summed E-state index contributed by atoms with van der Waals surface area (Å²) in [5.74, 6) is 2.71. The summed E-state index contributed by atoms with van der Waals surface area (Å²) < 4.78 is 0. The summed E-state index contributed by atoms with van der Waals surface area (Å²) in [6.45, 7) is 6.52. The molecule has 0 spiro atoms. The van der Waals surface area contributed by atoms with Crippen LogP contribution in [0.5, 0.6) is 0 Å². The highest BCUT2D eigenvalue weighted by Crippen LogP contribution is 2.28. The molecule has 0 radical (unpaired) electrons. The Labute approximate surface area is 211 Å². The number of hydrogen-bond acceptors (Lipinski definition) is 8. The number of hydrogen-bond donors (Lipinski definition) is 1. The van der Waals surface area contributed by atoms with Crippen LogP contribution in [0.3, 0.4) is 0 Å². The number of piperazine rings is 1. The molecule has 0 unspecified atom stereocenters. The molecule has 1 saturated heterocycles. The van der Waals surface area contributed by atoms with Crippen LogP contribution in [0.25, 0.3) is 11.5 Å². The largest absolute Gasteiger partial charge is 0.369 e. The van der Waals surface area contributed by atoms with Crippen LogP contribution in [0.4, 0.5) is 17.3 Å². The smallest absolute Gasteiger partial charge is 0.180 e. The molecule has 1 N–H and O–H groups in total. The van der Waals surface area contributed by atoms with Crippen molar-refractivity contribution in [3.63, 3.8) is 0 Å². The van der Waals surface area contributed by atoms with E-state index in [1.54, 1.807) is 12.4 Å². The number of pyridine rings is 1. The zero-order valence-corrected chi connectivity index (χ0v) is 20.5. The number of aromatic nitrogens is 5. The summed E-state index contributed by atoms with van der Waals surface area (Å²) in [5.41, 5.74) is 4.17. The van der Waals surface area contributed by atoms with E-state index in [0.29, 0.717) is 23.9 Å². The lowest BCUT2D eigenvalue weighted by atomic mass is 10.1. The molecule has 1 aromatic carbocycles. The SMILES string of the molecule is Cc1cccc(-c2nccc(Nc3ccnc(Cc4ccc(N5CCN(C6CC6)CC5)cc4)n3)n2)n1. The normalized spacial score (nSPS) is 16.2. The van der Waals surface area contributed by atoms with Crippen LogP contribution in [0, 0.1) is 6.92 Å². The van der Waals surface area contributed by atoms with Gasteiger partial charge in [0.25, 0.3) is 0 Å². The van der Waals surface area contributed by atoms with Crippen LogP contribution < -0.4 is 10.2 Å². The minimum absolute atomic E-state index is 0.576. The van der Waals surface area contributed by atoms with Crippen molar-refractivity contribution in [3.8, 4) is 11.5 Å². The van der Waals surface area contributed by atoms with Gasteiger partial charge in [0, 0.05) is 62.4 Å². The number of aryl methyl sites for hydroxylation is 1. The van der Waals surface area contributed by atoms with E-state index >= 15 is 0 Å². The maximum absolute atomic E-state index is 4.71. The van der Waals surface area contributed by atoms with E-state index in [0.717, 1.165) is 36.3 Å². The van der Waals surface area contributed by atoms with E-state index in [1.165, 1.54) is 37.2 Å². The second-order valence-corrected chi connectivity index (χ2v) is 9.51. The van der Waals surface area contributed by atoms with Gasteiger partial charge in [0.1, 0.15) is 23.2 Å². The molecule has 6 rings (SSSR count). The minimum atomic E-state index is 0.576. The maximum Gasteiger partial charge on any atom is 0.180 e. The Balaban J connectivity index is 1.10. The fourth-order valence-corrected chi connectivity index (χ4v) is 4.70. The summed E-state index contributed by atoms with van der Waals surface area (Å²) in [6.07, 6.45) is 6.96. The molecule has 4 aromatic rings. The lowest BCUT2D eigenvalue weighted by Crippen LogP contribution is -2.47. The third-order valence-corrected chi connectivity index (χ3v) is 6.78. The van der Waals surface area contributed by atoms with Crippen molar-refractivity contribution in [2.24, 2.45) is 0 Å². The van der Waals surface area contributed by atoms with E-state index in [-0.39, 0.29) is 0 Å². The molecular formula is C28H30N8. The summed E-state index contributed by atoms with van der Waals surface area (Å²) in [4.78, 5) is 27.8. The molecule has 8 nitrogen and oxygen atoms in total. The van der Waals surface area contributed by atoms with E-state index in [9.17, 15) is 0 Å². The van der Waals surface area contributed by atoms with Gasteiger partial charge in [-0.2, -0.15) is 0 Å². The zero-order valence-electron chi connectivity index (χ0n) is 20.5. The van der Waals surface area contributed by atoms with Gasteiger partial charge in [-0.3, -0.25) is 4.90 Å². The summed E-state index contributed by atoms with van der Waals surface area (Å²) in [5, 5.41) is 3.28. The van der Waals surface area contributed by atoms with Crippen LogP contribution >= 0.6 is 0 Å². The molecule has 1 aliphatic heterocycles. The third-order valence-electron chi connectivity index (χ3n) is 6.78. The quantitative estimate of drug-likeness (QED) is 0.422. The first-order valence-electron chi connectivity index (χ1n) is 12.6. The van der Waals surface area contributed by atoms with Gasteiger partial charge in [-0.1, -0.05) is 18.2 Å². The number of anilines is 3. The van der Waals surface area contributed by atoms with Gasteiger partial charge in [0.05, 0.1) is 0 Å². The van der Waals surface area contributed by atoms with Crippen molar-refractivity contribution in [1.29, 1.82) is 0 Å². The van der Waals surface area contributed by atoms with Crippen molar-refractivity contribution in [1.82, 2.24) is 29.8 Å². The first kappa shape index (κ1) is 22.5. The van der Waals surface area contributed by atoms with Crippen LogP contribution in [-0.2, 0) is 6.42 Å². The molecular weight excluding hydrogens is 448 g/mol. The van der Waals surface area contributed by atoms with Gasteiger partial charge < -0.3 is 10.2 Å². The topological polar surface area (TPSA) is 83.0 Å². The Morgan fingerprint density at radius 1 is 0.806 bits per heavy atom. The molecule has 8 heteroatoms. The monoisotopic (exact) mass is 478 g/mol. The summed E-state index contributed by atoms with van der Waals surface area (Å²) in [6, 6.07) is 19.2. The van der Waals surface area contributed by atoms with Crippen LogP contribution in [-0.4, -0.2) is 62.0 Å². The Kier molecular flexibility index (Phi) is 6.26. The van der Waals surface area contributed by atoms with Gasteiger partial charge in [0.2, 0.25) is 0 Å². The number of nitrogens with one attached hydrogen (secondary N) is 1. The molecule has 4 heterocycles. The van der Waals surface area contributed by atoms with Gasteiger partial charge in [0.15, 0.2) is 5.82 Å². The van der Waals surface area contributed by atoms with Gasteiger partial charge in [-0.05, 0) is 61.7 Å². The first-order valence-corrected chi connectivity index (χ1v) is 12.6. The summed E-state index contributed by atoms with van der Waals surface area (Å²) in [7, 11) is 0. The highest BCUT2D eigenvalue weighted by atomic mass is 15.3. The highest BCUT2D eigenvalue weighted by molar-refractivity contribution is 5.56. The standard InChI is InChI=1S/C28H30N8/c1-20-3-2-4-24(31-20)28-30-14-12-26(34-28)32-25-11-13-29-27(33-25)19-21-5-7-22(8-6-21)35-15-17-36(18-16-35)23-9-10-23/h2-8,11-14,23H,9-10,15-19H2,1H3,(H,29,30,32,33,34). The van der Waals surface area contributed by atoms with Crippen molar-refractivity contribution < 1.29 is 0 Å². The zero-order chi connectivity index (χ0) is 24.3. The molecule has 2 fully saturated rings. The Morgan fingerprint density at radius 2 is 1.56 bits per heavy atom. The lowest BCUT2D eigenvalue weighted by Gasteiger charge is -2.36. The van der Waals surface area contributed by atoms with Crippen LogP contribution in [0.15, 0.2) is 67.0 Å². The van der Waals surface area contributed by atoms with Crippen molar-refractivity contribution in [2.75, 3.05) is 36.4 Å². The second kappa shape index (κ2) is 9.99. The third kappa shape index (κ3) is 5.33. The Bertz CT molecular complexity index is 1330. The maximum atomic E-state index is 4.71. The van der Waals surface area contributed by atoms with Gasteiger partial charge in [-0.25, -0.2) is 24.9 Å². The molecule has 0 amide bonds. The molecule has 182 valence electrons. The molecule has 0 bridgehead atoms. The van der Waals surface area contributed by atoms with E-state index < -0.39 is 0 Å². The van der Waals surface area contributed by atoms with Crippen molar-refractivity contribution in [3.05, 3.63) is 84.1 Å². The highest BCUT2D eigenvalue weighted by Gasteiger charge is 2.31. The van der Waals surface area contributed by atoms with E-state index in [4.69, 9.17) is 4.98 Å². The van der Waals surface area contributed by atoms with Crippen LogP contribution in [0.2, 0.25) is 0 Å². The van der Waals surface area contributed by atoms with Crippen molar-refractivity contribution in [2.45, 2.75) is 32.2 Å². The lowest BCUT2D eigenvalue weighted by molar-refractivity contribution is 0.248. The Morgan fingerprint density at radius 3 is 2.31 bits per heavy atom. The number of benzene rings is 1. The predicted molar refractivity (Wildman–Crippen MR) is 141 cm³/mol. The van der Waals surface area contributed by atoms with E-state index in [2.05, 4.69) is 59.3 Å². The molecule has 2 aliphatic rings. The fraction of sp³-hybridized carbons (Fsp3) is 0.321. The second-order valence-electron chi connectivity index (χ2n) is 9.51. The Hall–Kier alpha value is -3.91. The molecule has 1 aliphatic carbocycles. The average Bonchev–Trinajstić information content (AvgIpc) is 3.76. The minimum Gasteiger partial charge on any atom is -0.369 e. The summed E-state index contributed by atoms with van der Waals surface area (Å²) >= 11 is 0. The average molecular weight is 479 g/mol. The number of rotatable bonds is 7. The first-order chi connectivity index (χ1) is 17.7. The van der Waals surface area contributed by atoms with Gasteiger partial charge in [-0.15, -0.1) is 0 Å². The molecule has 36 heavy (non-hydrogen) atoms. The van der Waals surface area contributed by atoms with Crippen molar-refractivity contribution >= 4 is 17.3 Å². The number of nitrogens with zero attached hydrogens (tertiary/aromatic N) is 7. The predicted octanol–water partition coefficient (Wildman–Crippen LogP) is 4.26. The molecule has 1 saturated carbocycles.